The van der Waals surface area contributed by atoms with Crippen LogP contribution in [0.15, 0.2) is 83.3 Å². The zero-order valence-electron chi connectivity index (χ0n) is 18.7. The van der Waals surface area contributed by atoms with E-state index in [1.807, 2.05) is 80.6 Å². The minimum Gasteiger partial charge on any atom is -0.494 e. The molecule has 6 nitrogen and oxygen atoms in total. The van der Waals surface area contributed by atoms with Gasteiger partial charge in [-0.05, 0) is 56.3 Å². The lowest BCUT2D eigenvalue weighted by atomic mass is 10.1. The van der Waals surface area contributed by atoms with Crippen molar-refractivity contribution < 1.29 is 18.7 Å². The van der Waals surface area contributed by atoms with Gasteiger partial charge in [-0.25, -0.2) is 4.98 Å². The van der Waals surface area contributed by atoms with Crippen molar-refractivity contribution in [2.75, 3.05) is 6.61 Å². The molecule has 1 aromatic heterocycles. The standard InChI is InChI=1S/C27H26N2O4/c1-3-31-25-12-8-7-9-22(25)17-28-26(30)20-13-15-21(16-14-20)27-29-24(19(2)33-27)18-32-23-10-5-4-6-11-23/h4-16H,3,17-18H2,1-2H3,(H,28,30). The summed E-state index contributed by atoms with van der Waals surface area (Å²) < 4.78 is 17.2. The highest BCUT2D eigenvalue weighted by molar-refractivity contribution is 5.94. The number of oxazole rings is 1. The van der Waals surface area contributed by atoms with Crippen molar-refractivity contribution in [2.24, 2.45) is 0 Å². The molecule has 0 aliphatic heterocycles. The molecule has 0 radical (unpaired) electrons. The number of carbonyl (C=O) groups is 1. The molecule has 168 valence electrons. The van der Waals surface area contributed by atoms with E-state index in [4.69, 9.17) is 13.9 Å². The molecule has 3 aromatic carbocycles. The molecule has 33 heavy (non-hydrogen) atoms. The second kappa shape index (κ2) is 10.5. The second-order valence-corrected chi connectivity index (χ2v) is 7.42. The molecule has 4 aromatic rings. The Morgan fingerprint density at radius 2 is 1.67 bits per heavy atom. The highest BCUT2D eigenvalue weighted by Crippen LogP contribution is 2.24. The Balaban J connectivity index is 1.38. The summed E-state index contributed by atoms with van der Waals surface area (Å²) in [5.74, 6) is 2.60. The molecular weight excluding hydrogens is 416 g/mol. The molecule has 0 aliphatic rings. The predicted octanol–water partition coefficient (Wildman–Crippen LogP) is 5.56. The number of carbonyl (C=O) groups excluding carboxylic acids is 1. The minimum absolute atomic E-state index is 0.159. The molecule has 0 saturated heterocycles. The fourth-order valence-corrected chi connectivity index (χ4v) is 3.34. The first kappa shape index (κ1) is 22.1. The predicted molar refractivity (Wildman–Crippen MR) is 126 cm³/mol. The van der Waals surface area contributed by atoms with E-state index in [2.05, 4.69) is 10.3 Å². The summed E-state index contributed by atoms with van der Waals surface area (Å²) in [4.78, 5) is 17.2. The molecule has 4 rings (SSSR count). The fourth-order valence-electron chi connectivity index (χ4n) is 3.34. The van der Waals surface area contributed by atoms with E-state index in [1.165, 1.54) is 0 Å². The van der Waals surface area contributed by atoms with Gasteiger partial charge in [-0.2, -0.15) is 0 Å². The van der Waals surface area contributed by atoms with Gasteiger partial charge in [-0.15, -0.1) is 0 Å². The lowest BCUT2D eigenvalue weighted by molar-refractivity contribution is 0.0950. The van der Waals surface area contributed by atoms with Crippen LogP contribution in [0.2, 0.25) is 0 Å². The number of hydrogen-bond acceptors (Lipinski definition) is 5. The molecule has 0 atom stereocenters. The summed E-state index contributed by atoms with van der Waals surface area (Å²) in [6.07, 6.45) is 0. The zero-order chi connectivity index (χ0) is 23.0. The van der Waals surface area contributed by atoms with E-state index in [-0.39, 0.29) is 5.91 Å². The third-order valence-electron chi connectivity index (χ3n) is 5.12. The zero-order valence-corrected chi connectivity index (χ0v) is 18.7. The lowest BCUT2D eigenvalue weighted by Crippen LogP contribution is -2.23. The van der Waals surface area contributed by atoms with Gasteiger partial charge in [0.2, 0.25) is 5.89 Å². The van der Waals surface area contributed by atoms with Gasteiger partial charge in [-0.1, -0.05) is 36.4 Å². The number of amides is 1. The van der Waals surface area contributed by atoms with E-state index in [1.54, 1.807) is 12.1 Å². The van der Waals surface area contributed by atoms with E-state index in [0.717, 1.165) is 28.3 Å². The molecule has 0 spiro atoms. The maximum atomic E-state index is 12.6. The quantitative estimate of drug-likeness (QED) is 0.367. The number of ether oxygens (including phenoxy) is 2. The molecule has 0 aliphatic carbocycles. The molecular formula is C27H26N2O4. The van der Waals surface area contributed by atoms with Crippen LogP contribution in [-0.4, -0.2) is 17.5 Å². The molecule has 1 N–H and O–H groups in total. The summed E-state index contributed by atoms with van der Waals surface area (Å²) in [6.45, 7) is 5.09. The summed E-state index contributed by atoms with van der Waals surface area (Å²) in [7, 11) is 0. The molecule has 0 unspecified atom stereocenters. The van der Waals surface area contributed by atoms with Crippen LogP contribution in [0.5, 0.6) is 11.5 Å². The first-order valence-corrected chi connectivity index (χ1v) is 10.9. The van der Waals surface area contributed by atoms with Gasteiger partial charge < -0.3 is 19.2 Å². The van der Waals surface area contributed by atoms with Crippen LogP contribution in [0.4, 0.5) is 0 Å². The molecule has 0 bridgehead atoms. The summed E-state index contributed by atoms with van der Waals surface area (Å²) in [6, 6.07) is 24.5. The Bertz CT molecular complexity index is 1200. The maximum absolute atomic E-state index is 12.6. The Morgan fingerprint density at radius 1 is 0.939 bits per heavy atom. The lowest BCUT2D eigenvalue weighted by Gasteiger charge is -2.11. The first-order valence-electron chi connectivity index (χ1n) is 10.9. The van der Waals surface area contributed by atoms with Gasteiger partial charge in [0.25, 0.3) is 5.91 Å². The Morgan fingerprint density at radius 3 is 2.42 bits per heavy atom. The number of nitrogens with zero attached hydrogens (tertiary/aromatic N) is 1. The molecule has 1 amide bonds. The number of benzene rings is 3. The molecule has 0 fully saturated rings. The topological polar surface area (TPSA) is 73.6 Å². The number of aryl methyl sites for hydroxylation is 1. The third-order valence-corrected chi connectivity index (χ3v) is 5.12. The largest absolute Gasteiger partial charge is 0.494 e. The average molecular weight is 443 g/mol. The van der Waals surface area contributed by atoms with E-state index >= 15 is 0 Å². The van der Waals surface area contributed by atoms with E-state index in [9.17, 15) is 4.79 Å². The minimum atomic E-state index is -0.159. The van der Waals surface area contributed by atoms with Crippen LogP contribution in [0.1, 0.15) is 34.3 Å². The number of nitrogens with one attached hydrogen (secondary N) is 1. The Labute approximate surface area is 193 Å². The summed E-state index contributed by atoms with van der Waals surface area (Å²) in [5.41, 5.74) is 3.03. The van der Waals surface area contributed by atoms with Crippen LogP contribution in [0, 0.1) is 6.92 Å². The van der Waals surface area contributed by atoms with Gasteiger partial charge in [0.15, 0.2) is 0 Å². The van der Waals surface area contributed by atoms with Crippen molar-refractivity contribution in [1.82, 2.24) is 10.3 Å². The van der Waals surface area contributed by atoms with Crippen molar-refractivity contribution in [3.63, 3.8) is 0 Å². The van der Waals surface area contributed by atoms with Crippen LogP contribution < -0.4 is 14.8 Å². The number of hydrogen-bond donors (Lipinski definition) is 1. The van der Waals surface area contributed by atoms with Crippen molar-refractivity contribution >= 4 is 5.91 Å². The molecule has 1 heterocycles. The summed E-state index contributed by atoms with van der Waals surface area (Å²) in [5, 5.41) is 2.94. The third kappa shape index (κ3) is 5.60. The van der Waals surface area contributed by atoms with Crippen molar-refractivity contribution in [2.45, 2.75) is 27.0 Å². The van der Waals surface area contributed by atoms with E-state index < -0.39 is 0 Å². The van der Waals surface area contributed by atoms with Gasteiger partial charge >= 0.3 is 0 Å². The van der Waals surface area contributed by atoms with Crippen LogP contribution in [0.25, 0.3) is 11.5 Å². The number of para-hydroxylation sites is 2. The SMILES string of the molecule is CCOc1ccccc1CNC(=O)c1ccc(-c2nc(COc3ccccc3)c(C)o2)cc1. The van der Waals surface area contributed by atoms with Crippen molar-refractivity contribution in [1.29, 1.82) is 0 Å². The van der Waals surface area contributed by atoms with Crippen molar-refractivity contribution in [3.8, 4) is 23.0 Å². The van der Waals surface area contributed by atoms with Crippen molar-refractivity contribution in [3.05, 3.63) is 101 Å². The van der Waals surface area contributed by atoms with Gasteiger partial charge in [0.1, 0.15) is 29.6 Å². The highest BCUT2D eigenvalue weighted by Gasteiger charge is 2.14. The van der Waals surface area contributed by atoms with Crippen LogP contribution >= 0.6 is 0 Å². The first-order chi connectivity index (χ1) is 16.1. The number of rotatable bonds is 9. The Hall–Kier alpha value is -4.06. The van der Waals surface area contributed by atoms with Crippen LogP contribution in [0.3, 0.4) is 0 Å². The van der Waals surface area contributed by atoms with E-state index in [0.29, 0.717) is 37.0 Å². The summed E-state index contributed by atoms with van der Waals surface area (Å²) >= 11 is 0. The monoisotopic (exact) mass is 442 g/mol. The van der Waals surface area contributed by atoms with Gasteiger partial charge in [0, 0.05) is 23.2 Å². The highest BCUT2D eigenvalue weighted by atomic mass is 16.5. The number of aromatic nitrogens is 1. The fraction of sp³-hybridized carbons (Fsp3) is 0.185. The second-order valence-electron chi connectivity index (χ2n) is 7.42. The Kier molecular flexibility index (Phi) is 7.05. The van der Waals surface area contributed by atoms with Gasteiger partial charge in [0.05, 0.1) is 6.61 Å². The average Bonchev–Trinajstić information content (AvgIpc) is 3.23. The molecule has 0 saturated carbocycles. The normalized spacial score (nSPS) is 10.6. The van der Waals surface area contributed by atoms with Crippen LogP contribution in [-0.2, 0) is 13.2 Å². The molecule has 6 heteroatoms. The maximum Gasteiger partial charge on any atom is 0.251 e. The van der Waals surface area contributed by atoms with Gasteiger partial charge in [-0.3, -0.25) is 4.79 Å². The smallest absolute Gasteiger partial charge is 0.251 e.